The topological polar surface area (TPSA) is 112 Å². The van der Waals surface area contributed by atoms with Crippen molar-refractivity contribution < 1.29 is 31.5 Å². The van der Waals surface area contributed by atoms with Gasteiger partial charge in [0.15, 0.2) is 5.03 Å². The third kappa shape index (κ3) is 6.49. The minimum Gasteiger partial charge on any atom is -0.481 e. The fourth-order valence-corrected chi connectivity index (χ4v) is 5.71. The molecule has 0 aliphatic carbocycles. The van der Waals surface area contributed by atoms with E-state index in [0.717, 1.165) is 12.1 Å². The van der Waals surface area contributed by atoms with E-state index in [9.17, 15) is 26.4 Å². The first-order valence-electron chi connectivity index (χ1n) is 12.4. The Bertz CT molecular complexity index is 1470. The molecule has 2 aromatic heterocycles. The molecule has 1 saturated heterocycles. The Morgan fingerprint density at radius 3 is 2.38 bits per heavy atom. The van der Waals surface area contributed by atoms with Crippen molar-refractivity contribution in [1.29, 1.82) is 0 Å². The number of aromatic nitrogens is 2. The number of piperidine rings is 1. The van der Waals surface area contributed by atoms with Crippen molar-refractivity contribution in [2.24, 2.45) is 5.41 Å². The van der Waals surface area contributed by atoms with E-state index in [1.54, 1.807) is 24.3 Å². The zero-order valence-corrected chi connectivity index (χ0v) is 22.3. The number of nitrogens with zero attached hydrogens (tertiary/aromatic N) is 3. The smallest absolute Gasteiger partial charge is 0.418 e. The number of benzene rings is 1. The molecule has 0 atom stereocenters. The van der Waals surface area contributed by atoms with E-state index < -0.39 is 27.7 Å². The lowest BCUT2D eigenvalue weighted by Crippen LogP contribution is -2.40. The van der Waals surface area contributed by atoms with Crippen LogP contribution in [0.15, 0.2) is 59.6 Å². The number of hydrogen-bond acceptors (Lipinski definition) is 6. The standard InChI is InChI=1S/C27H29F3N4O4S/c1-3-18-7-4-5-8-19(18)25-20(27(28,29)30)11-12-21(31-25)33-39(37,38)23-10-6-9-22(32-23)34-15-13-26(2,14-16-34)17-24(35)36/h4-12H,3,13-17H2,1-2H3,(H,31,33)(H,35,36). The molecule has 3 aromatic rings. The number of aryl methyl sites for hydroxylation is 1. The molecule has 8 nitrogen and oxygen atoms in total. The maximum atomic E-state index is 13.8. The van der Waals surface area contributed by atoms with Crippen LogP contribution < -0.4 is 9.62 Å². The first kappa shape index (κ1) is 28.3. The lowest BCUT2D eigenvalue weighted by molar-refractivity contribution is -0.140. The summed E-state index contributed by atoms with van der Waals surface area (Å²) in [4.78, 5) is 21.4. The summed E-state index contributed by atoms with van der Waals surface area (Å²) < 4.78 is 70.1. The summed E-state index contributed by atoms with van der Waals surface area (Å²) in [5.74, 6) is -0.715. The molecule has 4 rings (SSSR count). The quantitative estimate of drug-likeness (QED) is 0.367. The Hall–Kier alpha value is -3.67. The molecule has 0 bridgehead atoms. The van der Waals surface area contributed by atoms with Gasteiger partial charge < -0.3 is 10.0 Å². The number of pyridine rings is 2. The second kappa shape index (κ2) is 10.8. The molecule has 39 heavy (non-hydrogen) atoms. The second-order valence-corrected chi connectivity index (χ2v) is 11.5. The molecule has 0 saturated carbocycles. The van der Waals surface area contributed by atoms with Crippen LogP contribution in [0.4, 0.5) is 24.8 Å². The van der Waals surface area contributed by atoms with Crippen LogP contribution in [0.3, 0.4) is 0 Å². The zero-order chi connectivity index (χ0) is 28.4. The van der Waals surface area contributed by atoms with Crippen LogP contribution >= 0.6 is 0 Å². The van der Waals surface area contributed by atoms with Crippen molar-refractivity contribution in [1.82, 2.24) is 9.97 Å². The van der Waals surface area contributed by atoms with Gasteiger partial charge in [-0.1, -0.05) is 44.2 Å². The fourth-order valence-electron chi connectivity index (χ4n) is 4.75. The van der Waals surface area contributed by atoms with Crippen molar-refractivity contribution in [2.45, 2.75) is 50.7 Å². The summed E-state index contributed by atoms with van der Waals surface area (Å²) in [7, 11) is -4.29. The largest absolute Gasteiger partial charge is 0.481 e. The van der Waals surface area contributed by atoms with E-state index in [-0.39, 0.29) is 33.9 Å². The van der Waals surface area contributed by atoms with Gasteiger partial charge in [-0.2, -0.15) is 21.6 Å². The molecule has 0 unspecified atom stereocenters. The van der Waals surface area contributed by atoms with E-state index in [0.29, 0.717) is 43.7 Å². The van der Waals surface area contributed by atoms with Crippen molar-refractivity contribution in [3.63, 3.8) is 0 Å². The predicted molar refractivity (Wildman–Crippen MR) is 141 cm³/mol. The Kier molecular flexibility index (Phi) is 7.87. The SMILES string of the molecule is CCc1ccccc1-c1nc(NS(=O)(=O)c2cccc(N3CCC(C)(CC(=O)O)CC3)n2)ccc1C(F)(F)F. The molecule has 0 amide bonds. The van der Waals surface area contributed by atoms with Crippen molar-refractivity contribution in [2.75, 3.05) is 22.7 Å². The second-order valence-electron chi connectivity index (χ2n) is 9.91. The molecule has 1 aliphatic rings. The maximum Gasteiger partial charge on any atom is 0.418 e. The molecule has 1 aliphatic heterocycles. The van der Waals surface area contributed by atoms with Crippen LogP contribution in [-0.2, 0) is 27.4 Å². The van der Waals surface area contributed by atoms with E-state index in [2.05, 4.69) is 14.7 Å². The summed E-state index contributed by atoms with van der Waals surface area (Å²) in [6.07, 6.45) is -2.96. The van der Waals surface area contributed by atoms with E-state index in [1.165, 1.54) is 18.2 Å². The summed E-state index contributed by atoms with van der Waals surface area (Å²) in [6.45, 7) is 4.75. The van der Waals surface area contributed by atoms with Crippen LogP contribution in [0.5, 0.6) is 0 Å². The fraction of sp³-hybridized carbons (Fsp3) is 0.370. The summed E-state index contributed by atoms with van der Waals surface area (Å²) >= 11 is 0. The molecular formula is C27H29F3N4O4S. The minimum absolute atomic E-state index is 0.0530. The van der Waals surface area contributed by atoms with Gasteiger partial charge in [0.05, 0.1) is 17.7 Å². The normalized spacial score (nSPS) is 15.7. The highest BCUT2D eigenvalue weighted by Crippen LogP contribution is 2.39. The van der Waals surface area contributed by atoms with Gasteiger partial charge in [-0.25, -0.2) is 9.97 Å². The molecular weight excluding hydrogens is 533 g/mol. The molecule has 208 valence electrons. The van der Waals surface area contributed by atoms with Gasteiger partial charge in [0, 0.05) is 18.7 Å². The first-order valence-corrected chi connectivity index (χ1v) is 13.9. The Labute approximate surface area is 225 Å². The van der Waals surface area contributed by atoms with Crippen LogP contribution in [0.2, 0.25) is 0 Å². The summed E-state index contributed by atoms with van der Waals surface area (Å²) in [5, 5.41) is 8.85. The molecule has 1 aromatic carbocycles. The maximum absolute atomic E-state index is 13.8. The van der Waals surface area contributed by atoms with Crippen molar-refractivity contribution in [3.05, 3.63) is 65.7 Å². The van der Waals surface area contributed by atoms with Crippen molar-refractivity contribution >= 4 is 27.6 Å². The molecule has 3 heterocycles. The summed E-state index contributed by atoms with van der Waals surface area (Å²) in [5.41, 5.74) is -0.763. The minimum atomic E-state index is -4.69. The third-order valence-electron chi connectivity index (χ3n) is 6.95. The number of sulfonamides is 1. The van der Waals surface area contributed by atoms with Gasteiger partial charge in [0.25, 0.3) is 10.0 Å². The number of rotatable bonds is 8. The number of anilines is 2. The summed E-state index contributed by atoms with van der Waals surface area (Å²) in [6, 6.07) is 12.8. The number of carbonyl (C=O) groups is 1. The van der Waals surface area contributed by atoms with E-state index in [1.807, 2.05) is 18.7 Å². The highest BCUT2D eigenvalue weighted by molar-refractivity contribution is 7.92. The number of alkyl halides is 3. The Morgan fingerprint density at radius 2 is 1.74 bits per heavy atom. The molecule has 2 N–H and O–H groups in total. The molecule has 0 spiro atoms. The van der Waals surface area contributed by atoms with Gasteiger partial charge in [-0.3, -0.25) is 9.52 Å². The predicted octanol–water partition coefficient (Wildman–Crippen LogP) is 5.61. The van der Waals surface area contributed by atoms with E-state index >= 15 is 0 Å². The zero-order valence-electron chi connectivity index (χ0n) is 21.5. The van der Waals surface area contributed by atoms with Crippen LogP contribution in [0.1, 0.15) is 44.2 Å². The van der Waals surface area contributed by atoms with Gasteiger partial charge in [0.1, 0.15) is 11.6 Å². The van der Waals surface area contributed by atoms with Gasteiger partial charge >= 0.3 is 12.1 Å². The number of carboxylic acids is 1. The number of halogens is 3. The molecule has 0 radical (unpaired) electrons. The number of nitrogens with one attached hydrogen (secondary N) is 1. The van der Waals surface area contributed by atoms with Gasteiger partial charge in [-0.05, 0) is 54.5 Å². The highest BCUT2D eigenvalue weighted by atomic mass is 32.2. The average Bonchev–Trinajstić information content (AvgIpc) is 2.87. The lowest BCUT2D eigenvalue weighted by atomic mass is 9.77. The van der Waals surface area contributed by atoms with E-state index in [4.69, 9.17) is 5.11 Å². The average molecular weight is 563 g/mol. The third-order valence-corrected chi connectivity index (χ3v) is 8.21. The highest BCUT2D eigenvalue weighted by Gasteiger charge is 2.36. The van der Waals surface area contributed by atoms with Crippen LogP contribution in [0, 0.1) is 5.41 Å². The van der Waals surface area contributed by atoms with Gasteiger partial charge in [0.2, 0.25) is 0 Å². The number of carboxylic acid groups (broad SMARTS) is 1. The Morgan fingerprint density at radius 1 is 1.05 bits per heavy atom. The van der Waals surface area contributed by atoms with Crippen molar-refractivity contribution in [3.8, 4) is 11.3 Å². The molecule has 1 fully saturated rings. The number of aliphatic carboxylic acids is 1. The van der Waals surface area contributed by atoms with Crippen LogP contribution in [0.25, 0.3) is 11.3 Å². The number of hydrogen-bond donors (Lipinski definition) is 2. The van der Waals surface area contributed by atoms with Gasteiger partial charge in [-0.15, -0.1) is 0 Å². The first-order chi connectivity index (χ1) is 18.3. The monoisotopic (exact) mass is 562 g/mol. The van der Waals surface area contributed by atoms with Crippen LogP contribution in [-0.4, -0.2) is 42.6 Å². The Balaban J connectivity index is 1.61. The lowest BCUT2D eigenvalue weighted by Gasteiger charge is -2.39. The molecule has 12 heteroatoms.